The van der Waals surface area contributed by atoms with Crippen molar-refractivity contribution < 1.29 is 22.7 Å². The summed E-state index contributed by atoms with van der Waals surface area (Å²) < 4.78 is 32.0. The number of likely N-dealkylation sites (N-methyl/N-ethyl adjacent to an activating group) is 1. The molecule has 0 saturated heterocycles. The largest absolute Gasteiger partial charge is 0.494 e. The number of sulfonamides is 1. The predicted octanol–water partition coefficient (Wildman–Crippen LogP) is 5.71. The molecule has 3 aromatic carbocycles. The minimum absolute atomic E-state index is 0.00415. The van der Waals surface area contributed by atoms with Crippen molar-refractivity contribution in [3.05, 3.63) is 94.0 Å². The van der Waals surface area contributed by atoms with Crippen molar-refractivity contribution in [2.45, 2.75) is 45.7 Å². The van der Waals surface area contributed by atoms with E-state index < -0.39 is 16.1 Å². The molecule has 11 heteroatoms. The number of carbonyl (C=O) groups is 2. The maximum atomic E-state index is 13.9. The molecular formula is C31H37Cl2N3O5S. The molecule has 0 saturated carbocycles. The molecular weight excluding hydrogens is 597 g/mol. The lowest BCUT2D eigenvalue weighted by atomic mass is 10.0. The van der Waals surface area contributed by atoms with Crippen molar-refractivity contribution in [1.82, 2.24) is 10.2 Å². The van der Waals surface area contributed by atoms with Crippen LogP contribution < -0.4 is 14.4 Å². The van der Waals surface area contributed by atoms with Crippen LogP contribution in [-0.2, 0) is 32.6 Å². The van der Waals surface area contributed by atoms with E-state index in [-0.39, 0.29) is 44.2 Å². The van der Waals surface area contributed by atoms with Crippen LogP contribution in [0.1, 0.15) is 37.8 Å². The third-order valence-corrected chi connectivity index (χ3v) is 8.50. The zero-order valence-electron chi connectivity index (χ0n) is 24.1. The van der Waals surface area contributed by atoms with Gasteiger partial charge in [0, 0.05) is 48.1 Å². The zero-order chi connectivity index (χ0) is 30.7. The van der Waals surface area contributed by atoms with Crippen LogP contribution in [0.25, 0.3) is 0 Å². The second-order valence-electron chi connectivity index (χ2n) is 9.69. The van der Waals surface area contributed by atoms with Crippen LogP contribution in [-0.4, -0.2) is 57.1 Å². The first-order valence-corrected chi connectivity index (χ1v) is 16.4. The second kappa shape index (κ2) is 15.8. The Morgan fingerprint density at radius 1 is 0.929 bits per heavy atom. The number of nitrogens with one attached hydrogen (secondary N) is 1. The lowest BCUT2D eigenvalue weighted by molar-refractivity contribution is -0.141. The minimum atomic E-state index is -3.63. The van der Waals surface area contributed by atoms with Gasteiger partial charge in [-0.05, 0) is 62.2 Å². The molecule has 226 valence electrons. The number of halogens is 2. The summed E-state index contributed by atoms with van der Waals surface area (Å²) in [4.78, 5) is 28.7. The van der Waals surface area contributed by atoms with Crippen LogP contribution in [0.15, 0.2) is 72.8 Å². The Balaban J connectivity index is 1.88. The van der Waals surface area contributed by atoms with E-state index in [1.54, 1.807) is 42.5 Å². The van der Waals surface area contributed by atoms with Gasteiger partial charge in [0.2, 0.25) is 21.8 Å². The predicted molar refractivity (Wildman–Crippen MR) is 169 cm³/mol. The van der Waals surface area contributed by atoms with E-state index >= 15 is 0 Å². The third-order valence-electron chi connectivity index (χ3n) is 6.60. The molecule has 42 heavy (non-hydrogen) atoms. The summed E-state index contributed by atoms with van der Waals surface area (Å²) in [5, 5.41) is 3.61. The van der Waals surface area contributed by atoms with E-state index in [4.69, 9.17) is 27.9 Å². The van der Waals surface area contributed by atoms with Gasteiger partial charge in [0.05, 0.1) is 18.6 Å². The Labute approximate surface area is 258 Å². The lowest BCUT2D eigenvalue weighted by Crippen LogP contribution is -2.50. The van der Waals surface area contributed by atoms with Gasteiger partial charge in [-0.1, -0.05) is 59.6 Å². The molecule has 0 bridgehead atoms. The number of nitrogens with zero attached hydrogens (tertiary/aromatic N) is 2. The van der Waals surface area contributed by atoms with Gasteiger partial charge in [0.25, 0.3) is 0 Å². The van der Waals surface area contributed by atoms with Crippen molar-refractivity contribution >= 4 is 50.7 Å². The van der Waals surface area contributed by atoms with E-state index in [0.29, 0.717) is 40.2 Å². The molecule has 0 spiro atoms. The molecule has 8 nitrogen and oxygen atoms in total. The first-order chi connectivity index (χ1) is 20.0. The summed E-state index contributed by atoms with van der Waals surface area (Å²) in [6.07, 6.45) is 1.62. The maximum absolute atomic E-state index is 13.9. The summed E-state index contributed by atoms with van der Waals surface area (Å²) in [6, 6.07) is 20.4. The summed E-state index contributed by atoms with van der Waals surface area (Å²) in [7, 11) is -3.63. The molecule has 3 aromatic rings. The van der Waals surface area contributed by atoms with Gasteiger partial charge in [-0.25, -0.2) is 8.42 Å². The van der Waals surface area contributed by atoms with E-state index in [2.05, 4.69) is 5.32 Å². The first kappa shape index (κ1) is 33.2. The van der Waals surface area contributed by atoms with Crippen molar-refractivity contribution in [3.8, 4) is 5.75 Å². The molecule has 2 amide bonds. The maximum Gasteiger partial charge on any atom is 0.243 e. The Bertz CT molecular complexity index is 1420. The number of hydrogen-bond donors (Lipinski definition) is 1. The highest BCUT2D eigenvalue weighted by molar-refractivity contribution is 7.92. The average molecular weight is 635 g/mol. The smallest absolute Gasteiger partial charge is 0.243 e. The molecule has 0 fully saturated rings. The number of anilines is 1. The van der Waals surface area contributed by atoms with E-state index in [9.17, 15) is 18.0 Å². The fourth-order valence-corrected chi connectivity index (χ4v) is 6.06. The van der Waals surface area contributed by atoms with Crippen LogP contribution in [0.4, 0.5) is 5.69 Å². The normalized spacial score (nSPS) is 11.9. The molecule has 3 rings (SSSR count). The summed E-state index contributed by atoms with van der Waals surface area (Å²) >= 11 is 12.9. The number of benzene rings is 3. The fraction of sp³-hybridized carbons (Fsp3) is 0.355. The second-order valence-corrected chi connectivity index (χ2v) is 12.4. The van der Waals surface area contributed by atoms with Crippen LogP contribution in [0.5, 0.6) is 5.75 Å². The molecule has 0 heterocycles. The Morgan fingerprint density at radius 3 is 2.14 bits per heavy atom. The number of hydrogen-bond acceptors (Lipinski definition) is 5. The highest BCUT2D eigenvalue weighted by Gasteiger charge is 2.31. The van der Waals surface area contributed by atoms with Crippen LogP contribution in [0.3, 0.4) is 0 Å². The molecule has 0 aromatic heterocycles. The zero-order valence-corrected chi connectivity index (χ0v) is 26.4. The Hall–Kier alpha value is -3.27. The number of ether oxygens (including phenoxy) is 1. The number of carbonyl (C=O) groups excluding carboxylic acids is 2. The topological polar surface area (TPSA) is 96.0 Å². The molecule has 0 radical (unpaired) electrons. The van der Waals surface area contributed by atoms with Crippen molar-refractivity contribution in [3.63, 3.8) is 0 Å². The van der Waals surface area contributed by atoms with Crippen molar-refractivity contribution in [2.75, 3.05) is 30.3 Å². The first-order valence-electron chi connectivity index (χ1n) is 13.8. The summed E-state index contributed by atoms with van der Waals surface area (Å²) in [6.45, 7) is 4.66. The molecule has 1 atom stereocenters. The van der Waals surface area contributed by atoms with Crippen molar-refractivity contribution in [1.29, 1.82) is 0 Å². The number of rotatable bonds is 15. The molecule has 1 N–H and O–H groups in total. The van der Waals surface area contributed by atoms with E-state index in [1.165, 1.54) is 9.21 Å². The van der Waals surface area contributed by atoms with Crippen LogP contribution >= 0.6 is 23.2 Å². The molecule has 1 unspecified atom stereocenters. The molecule has 0 aliphatic heterocycles. The third kappa shape index (κ3) is 9.37. The van der Waals surface area contributed by atoms with Gasteiger partial charge in [-0.2, -0.15) is 0 Å². The van der Waals surface area contributed by atoms with E-state index in [0.717, 1.165) is 11.8 Å². The number of amides is 2. The van der Waals surface area contributed by atoms with Crippen LogP contribution in [0, 0.1) is 0 Å². The van der Waals surface area contributed by atoms with Gasteiger partial charge >= 0.3 is 0 Å². The monoisotopic (exact) mass is 633 g/mol. The van der Waals surface area contributed by atoms with Gasteiger partial charge in [0.1, 0.15) is 11.8 Å². The average Bonchev–Trinajstić information content (AvgIpc) is 2.95. The Kier molecular flexibility index (Phi) is 12.5. The highest BCUT2D eigenvalue weighted by Crippen LogP contribution is 2.28. The fourth-order valence-electron chi connectivity index (χ4n) is 4.58. The standard InChI is InChI=1S/C31H37Cl2N3O5S/c1-4-34-31(38)29(21-23-11-7-6-8-12-23)35(22-26-27(32)13-9-14-28(26)33)30(37)15-10-20-36(42(3,39)40)24-16-18-25(19-17-24)41-5-2/h6-9,11-14,16-19,29H,4-5,10,15,20-22H2,1-3H3,(H,34,38). The van der Waals surface area contributed by atoms with Gasteiger partial charge < -0.3 is 15.0 Å². The van der Waals surface area contributed by atoms with E-state index in [1.807, 2.05) is 44.2 Å². The quantitative estimate of drug-likeness (QED) is 0.231. The summed E-state index contributed by atoms with van der Waals surface area (Å²) in [5.74, 6) is 0.0110. The van der Waals surface area contributed by atoms with Gasteiger partial charge in [-0.15, -0.1) is 0 Å². The highest BCUT2D eigenvalue weighted by atomic mass is 35.5. The van der Waals surface area contributed by atoms with Crippen LogP contribution in [0.2, 0.25) is 10.0 Å². The SMILES string of the molecule is CCNC(=O)C(Cc1ccccc1)N(Cc1c(Cl)cccc1Cl)C(=O)CCCN(c1ccc(OCC)cc1)S(C)(=O)=O. The van der Waals surface area contributed by atoms with Crippen molar-refractivity contribution in [2.24, 2.45) is 0 Å². The minimum Gasteiger partial charge on any atom is -0.494 e. The molecule has 0 aliphatic carbocycles. The summed E-state index contributed by atoms with van der Waals surface area (Å²) in [5.41, 5.74) is 1.89. The molecule has 0 aliphatic rings. The lowest BCUT2D eigenvalue weighted by Gasteiger charge is -2.32. The van der Waals surface area contributed by atoms with Gasteiger partial charge in [-0.3, -0.25) is 13.9 Å². The van der Waals surface area contributed by atoms with Gasteiger partial charge in [0.15, 0.2) is 0 Å². The Morgan fingerprint density at radius 2 is 1.57 bits per heavy atom.